The molecule has 0 aromatic heterocycles. The molecule has 5 heteroatoms. The van der Waals surface area contributed by atoms with Crippen molar-refractivity contribution in [3.63, 3.8) is 0 Å². The van der Waals surface area contributed by atoms with Crippen LogP contribution in [0.3, 0.4) is 0 Å². The SMILES string of the molecule is CCOC(=O)C=C=C1CCC[C@]2(C)[C@@H](OC(C)=O)CC[C@]12O. The van der Waals surface area contributed by atoms with Crippen LogP contribution in [0.4, 0.5) is 0 Å². The van der Waals surface area contributed by atoms with E-state index in [9.17, 15) is 14.7 Å². The van der Waals surface area contributed by atoms with E-state index in [1.165, 1.54) is 13.0 Å². The van der Waals surface area contributed by atoms with Gasteiger partial charge in [-0.3, -0.25) is 4.79 Å². The predicted molar refractivity (Wildman–Crippen MR) is 79.9 cm³/mol. The van der Waals surface area contributed by atoms with Gasteiger partial charge in [-0.05, 0) is 39.0 Å². The summed E-state index contributed by atoms with van der Waals surface area (Å²) in [6.45, 7) is 5.40. The molecule has 2 rings (SSSR count). The zero-order chi connectivity index (χ0) is 16.4. The molecular formula is C17H24O5. The summed E-state index contributed by atoms with van der Waals surface area (Å²) in [6.07, 6.45) is 4.44. The minimum atomic E-state index is -1.08. The highest BCUT2D eigenvalue weighted by molar-refractivity contribution is 5.81. The van der Waals surface area contributed by atoms with Crippen LogP contribution in [-0.2, 0) is 19.1 Å². The lowest BCUT2D eigenvalue weighted by Gasteiger charge is -2.46. The molecule has 2 fully saturated rings. The van der Waals surface area contributed by atoms with Crippen LogP contribution in [0.1, 0.15) is 52.9 Å². The third-order valence-corrected chi connectivity index (χ3v) is 5.00. The molecule has 3 atom stereocenters. The fourth-order valence-electron chi connectivity index (χ4n) is 3.82. The average Bonchev–Trinajstić information content (AvgIpc) is 2.70. The number of esters is 2. The molecule has 1 N–H and O–H groups in total. The summed E-state index contributed by atoms with van der Waals surface area (Å²) in [4.78, 5) is 22.8. The fourth-order valence-corrected chi connectivity index (χ4v) is 3.82. The van der Waals surface area contributed by atoms with E-state index < -0.39 is 17.0 Å². The van der Waals surface area contributed by atoms with Crippen molar-refractivity contribution in [3.8, 4) is 0 Å². The highest BCUT2D eigenvalue weighted by atomic mass is 16.5. The molecule has 122 valence electrons. The van der Waals surface area contributed by atoms with Crippen LogP contribution in [0, 0.1) is 5.41 Å². The first kappa shape index (κ1) is 16.8. The minimum absolute atomic E-state index is 0.297. The molecule has 0 aromatic rings. The summed E-state index contributed by atoms with van der Waals surface area (Å²) in [6, 6.07) is 0. The molecule has 0 bridgehead atoms. The number of carbonyl (C=O) groups excluding carboxylic acids is 2. The second kappa shape index (κ2) is 6.27. The van der Waals surface area contributed by atoms with Crippen molar-refractivity contribution < 1.29 is 24.2 Å². The lowest BCUT2D eigenvalue weighted by Crippen LogP contribution is -2.51. The van der Waals surface area contributed by atoms with Crippen molar-refractivity contribution >= 4 is 11.9 Å². The smallest absolute Gasteiger partial charge is 0.338 e. The monoisotopic (exact) mass is 308 g/mol. The summed E-state index contributed by atoms with van der Waals surface area (Å²) >= 11 is 0. The van der Waals surface area contributed by atoms with Gasteiger partial charge in [0.2, 0.25) is 0 Å². The topological polar surface area (TPSA) is 72.8 Å². The van der Waals surface area contributed by atoms with Gasteiger partial charge < -0.3 is 14.6 Å². The van der Waals surface area contributed by atoms with Gasteiger partial charge in [0.25, 0.3) is 0 Å². The van der Waals surface area contributed by atoms with Crippen LogP contribution < -0.4 is 0 Å². The second-order valence-corrected chi connectivity index (χ2v) is 6.29. The van der Waals surface area contributed by atoms with Gasteiger partial charge in [-0.1, -0.05) is 6.92 Å². The van der Waals surface area contributed by atoms with E-state index in [2.05, 4.69) is 5.73 Å². The molecule has 0 spiro atoms. The average molecular weight is 308 g/mol. The van der Waals surface area contributed by atoms with Crippen molar-refractivity contribution in [2.24, 2.45) is 5.41 Å². The van der Waals surface area contributed by atoms with Gasteiger partial charge in [-0.15, -0.1) is 5.73 Å². The van der Waals surface area contributed by atoms with Gasteiger partial charge in [0.1, 0.15) is 11.7 Å². The van der Waals surface area contributed by atoms with Crippen molar-refractivity contribution in [3.05, 3.63) is 17.4 Å². The number of hydrogen-bond acceptors (Lipinski definition) is 5. The Balaban J connectivity index is 2.31. The van der Waals surface area contributed by atoms with E-state index in [-0.39, 0.29) is 12.1 Å². The van der Waals surface area contributed by atoms with Crippen molar-refractivity contribution in [1.82, 2.24) is 0 Å². The van der Waals surface area contributed by atoms with Crippen LogP contribution in [0.2, 0.25) is 0 Å². The standard InChI is InChI=1S/C17H24O5/c1-4-21-15(19)8-7-13-6-5-10-16(3)14(22-12(2)18)9-11-17(13,16)20/h8,14,20H,4-6,9-11H2,1-3H3/t7?,14-,16+,17-/m0/s1. The highest BCUT2D eigenvalue weighted by Gasteiger charge is 2.61. The largest absolute Gasteiger partial charge is 0.462 e. The van der Waals surface area contributed by atoms with Crippen LogP contribution in [-0.4, -0.2) is 35.4 Å². The van der Waals surface area contributed by atoms with E-state index in [4.69, 9.17) is 9.47 Å². The normalized spacial score (nSPS) is 33.6. The Morgan fingerprint density at radius 1 is 1.45 bits per heavy atom. The Bertz CT molecular complexity index is 531. The molecule has 2 aliphatic carbocycles. The molecular weight excluding hydrogens is 284 g/mol. The molecule has 0 amide bonds. The zero-order valence-corrected chi connectivity index (χ0v) is 13.5. The van der Waals surface area contributed by atoms with Gasteiger partial charge in [0.15, 0.2) is 0 Å². The Labute approximate surface area is 131 Å². The number of rotatable bonds is 3. The first-order valence-corrected chi connectivity index (χ1v) is 7.86. The predicted octanol–water partition coefficient (Wildman–Crippen LogP) is 2.28. The van der Waals surface area contributed by atoms with Crippen molar-refractivity contribution in [1.29, 1.82) is 0 Å². The number of fused-ring (bicyclic) bond motifs is 1. The molecule has 0 heterocycles. The molecule has 0 unspecified atom stereocenters. The highest BCUT2D eigenvalue weighted by Crippen LogP contribution is 2.57. The van der Waals surface area contributed by atoms with Crippen LogP contribution >= 0.6 is 0 Å². The first-order chi connectivity index (χ1) is 10.3. The number of carbonyl (C=O) groups is 2. The Morgan fingerprint density at radius 3 is 2.82 bits per heavy atom. The van der Waals surface area contributed by atoms with Gasteiger partial charge in [-0.2, -0.15) is 0 Å². The summed E-state index contributed by atoms with van der Waals surface area (Å²) in [5, 5.41) is 11.2. The molecule has 0 saturated heterocycles. The molecule has 0 aliphatic heterocycles. The van der Waals surface area contributed by atoms with Crippen molar-refractivity contribution in [2.45, 2.75) is 64.6 Å². The Morgan fingerprint density at radius 2 is 2.18 bits per heavy atom. The fraction of sp³-hybridized carbons (Fsp3) is 0.706. The summed E-state index contributed by atoms with van der Waals surface area (Å²) in [5.41, 5.74) is 2.05. The quantitative estimate of drug-likeness (QED) is 0.492. The number of aliphatic hydroxyl groups is 1. The van der Waals surface area contributed by atoms with Crippen LogP contribution in [0.15, 0.2) is 17.4 Å². The van der Waals surface area contributed by atoms with E-state index >= 15 is 0 Å². The molecule has 22 heavy (non-hydrogen) atoms. The van der Waals surface area contributed by atoms with Gasteiger partial charge in [-0.25, -0.2) is 4.79 Å². The van der Waals surface area contributed by atoms with Gasteiger partial charge >= 0.3 is 11.9 Å². The summed E-state index contributed by atoms with van der Waals surface area (Å²) in [5.74, 6) is -0.783. The summed E-state index contributed by atoms with van der Waals surface area (Å²) in [7, 11) is 0. The first-order valence-electron chi connectivity index (χ1n) is 7.86. The van der Waals surface area contributed by atoms with Gasteiger partial charge in [0.05, 0.1) is 12.7 Å². The second-order valence-electron chi connectivity index (χ2n) is 6.29. The number of ether oxygens (including phenoxy) is 2. The minimum Gasteiger partial charge on any atom is -0.462 e. The van der Waals surface area contributed by atoms with E-state index in [0.29, 0.717) is 31.4 Å². The van der Waals surface area contributed by atoms with Crippen molar-refractivity contribution in [2.75, 3.05) is 6.61 Å². The van der Waals surface area contributed by atoms with Crippen LogP contribution in [0.5, 0.6) is 0 Å². The lowest BCUT2D eigenvalue weighted by molar-refractivity contribution is -0.159. The maximum absolute atomic E-state index is 11.5. The zero-order valence-electron chi connectivity index (χ0n) is 13.5. The Kier molecular flexibility index (Phi) is 4.78. The lowest BCUT2D eigenvalue weighted by atomic mass is 9.63. The number of hydrogen-bond donors (Lipinski definition) is 1. The molecule has 2 saturated carbocycles. The molecule has 0 radical (unpaired) electrons. The van der Waals surface area contributed by atoms with E-state index in [1.807, 2.05) is 6.92 Å². The maximum Gasteiger partial charge on any atom is 0.338 e. The summed E-state index contributed by atoms with van der Waals surface area (Å²) < 4.78 is 10.3. The maximum atomic E-state index is 11.5. The molecule has 2 aliphatic rings. The van der Waals surface area contributed by atoms with E-state index in [1.54, 1.807) is 6.92 Å². The Hall–Kier alpha value is -1.58. The third kappa shape index (κ3) is 2.83. The van der Waals surface area contributed by atoms with E-state index in [0.717, 1.165) is 12.8 Å². The molecule has 5 nitrogen and oxygen atoms in total. The molecule has 0 aromatic carbocycles. The van der Waals surface area contributed by atoms with Crippen LogP contribution in [0.25, 0.3) is 0 Å². The van der Waals surface area contributed by atoms with Gasteiger partial charge in [0, 0.05) is 17.9 Å². The third-order valence-electron chi connectivity index (χ3n) is 5.00.